The highest BCUT2D eigenvalue weighted by atomic mass is 16.3. The first-order valence-corrected chi connectivity index (χ1v) is 8.73. The predicted molar refractivity (Wildman–Crippen MR) is 88.9 cm³/mol. The maximum atomic E-state index is 12.6. The smallest absolute Gasteiger partial charge is 0.326 e. The molecule has 2 N–H and O–H groups in total. The first kappa shape index (κ1) is 14.3. The van der Waals surface area contributed by atoms with Crippen LogP contribution < -0.4 is 5.69 Å². The van der Waals surface area contributed by atoms with E-state index in [1.54, 1.807) is 10.6 Å². The summed E-state index contributed by atoms with van der Waals surface area (Å²) in [5, 5.41) is 9.46. The van der Waals surface area contributed by atoms with E-state index >= 15 is 0 Å². The molecular weight excluding hydrogens is 306 g/mol. The minimum absolute atomic E-state index is 0.0136. The molecule has 24 heavy (non-hydrogen) atoms. The van der Waals surface area contributed by atoms with E-state index < -0.39 is 0 Å². The lowest BCUT2D eigenvalue weighted by Crippen LogP contribution is -2.64. The number of hydrogen-bond acceptors (Lipinski definition) is 3. The van der Waals surface area contributed by atoms with Crippen LogP contribution in [0.1, 0.15) is 36.0 Å². The molecule has 0 bridgehead atoms. The maximum absolute atomic E-state index is 12.6. The molecule has 1 aromatic heterocycles. The van der Waals surface area contributed by atoms with Gasteiger partial charge in [-0.1, -0.05) is 0 Å². The molecule has 1 spiro atoms. The molecule has 2 aromatic rings. The lowest BCUT2D eigenvalue weighted by molar-refractivity contribution is -0.113. The van der Waals surface area contributed by atoms with Gasteiger partial charge in [-0.15, -0.1) is 0 Å². The molecule has 1 saturated heterocycles. The van der Waals surface area contributed by atoms with Crippen LogP contribution in [0.2, 0.25) is 0 Å². The van der Waals surface area contributed by atoms with Gasteiger partial charge in [0, 0.05) is 30.6 Å². The van der Waals surface area contributed by atoms with E-state index in [1.807, 2.05) is 17.0 Å². The third-order valence-electron chi connectivity index (χ3n) is 5.84. The van der Waals surface area contributed by atoms with Gasteiger partial charge in [0.05, 0.1) is 17.1 Å². The normalized spacial score (nSPS) is 22.6. The molecule has 0 atom stereocenters. The number of aromatic amines is 1. The largest absolute Gasteiger partial charge is 0.393 e. The first-order valence-electron chi connectivity index (χ1n) is 8.73. The number of H-pyrrole nitrogens is 1. The number of rotatable bonds is 3. The summed E-state index contributed by atoms with van der Waals surface area (Å²) in [6.45, 7) is 2.24. The zero-order valence-corrected chi connectivity index (χ0v) is 13.5. The minimum atomic E-state index is -0.185. The quantitative estimate of drug-likeness (QED) is 0.893. The summed E-state index contributed by atoms with van der Waals surface area (Å²) in [5.74, 6) is 0.637. The fraction of sp³-hybridized carbons (Fsp3) is 0.556. The number of nitrogens with one attached hydrogen (secondary N) is 1. The number of hydrogen-bond donors (Lipinski definition) is 2. The van der Waals surface area contributed by atoms with Gasteiger partial charge in [0.1, 0.15) is 0 Å². The molecule has 6 heteroatoms. The summed E-state index contributed by atoms with van der Waals surface area (Å²) in [6.07, 6.45) is 3.83. The Hall–Kier alpha value is -2.08. The average molecular weight is 327 g/mol. The number of nitrogens with zero attached hydrogens (tertiary/aromatic N) is 2. The van der Waals surface area contributed by atoms with Crippen LogP contribution in [-0.4, -0.2) is 44.7 Å². The van der Waals surface area contributed by atoms with E-state index in [4.69, 9.17) is 0 Å². The van der Waals surface area contributed by atoms with Gasteiger partial charge < -0.3 is 15.0 Å². The lowest BCUT2D eigenvalue weighted by atomic mass is 9.62. The standard InChI is InChI=1S/C18H21N3O3/c22-13-6-18(7-13)9-20(10-18)16(23)12-3-4-15-14(5-12)19-17(24)21(15)8-11-1-2-11/h3-5,11,13,22H,1-2,6-10H2,(H,19,24). The first-order chi connectivity index (χ1) is 11.5. The van der Waals surface area contributed by atoms with Crippen molar-refractivity contribution >= 4 is 16.9 Å². The van der Waals surface area contributed by atoms with Crippen LogP contribution in [0.4, 0.5) is 0 Å². The molecule has 1 aromatic carbocycles. The van der Waals surface area contributed by atoms with Gasteiger partial charge in [0.2, 0.25) is 0 Å². The summed E-state index contributed by atoms with van der Waals surface area (Å²) in [5.41, 5.74) is 2.32. The Morgan fingerprint density at radius 3 is 2.71 bits per heavy atom. The van der Waals surface area contributed by atoms with Crippen LogP contribution in [0.25, 0.3) is 11.0 Å². The van der Waals surface area contributed by atoms with E-state index in [0.717, 1.165) is 43.5 Å². The van der Waals surface area contributed by atoms with E-state index in [9.17, 15) is 14.7 Å². The second kappa shape index (κ2) is 4.72. The Morgan fingerprint density at radius 1 is 1.29 bits per heavy atom. The number of fused-ring (bicyclic) bond motifs is 1. The number of benzene rings is 1. The molecule has 6 nitrogen and oxygen atoms in total. The molecule has 2 saturated carbocycles. The van der Waals surface area contributed by atoms with E-state index in [0.29, 0.717) is 11.5 Å². The third-order valence-corrected chi connectivity index (χ3v) is 5.84. The molecule has 5 rings (SSSR count). The number of aromatic nitrogens is 2. The van der Waals surface area contributed by atoms with Crippen molar-refractivity contribution < 1.29 is 9.90 Å². The lowest BCUT2D eigenvalue weighted by Gasteiger charge is -2.57. The molecule has 2 heterocycles. The van der Waals surface area contributed by atoms with Gasteiger partial charge in [-0.3, -0.25) is 9.36 Å². The number of carbonyl (C=O) groups excluding carboxylic acids is 1. The topological polar surface area (TPSA) is 78.3 Å². The van der Waals surface area contributed by atoms with Crippen molar-refractivity contribution in [1.29, 1.82) is 0 Å². The Balaban J connectivity index is 1.37. The van der Waals surface area contributed by atoms with Crippen molar-refractivity contribution in [2.24, 2.45) is 11.3 Å². The average Bonchev–Trinajstić information content (AvgIpc) is 3.25. The zero-order valence-electron chi connectivity index (χ0n) is 13.5. The summed E-state index contributed by atoms with van der Waals surface area (Å²) in [4.78, 5) is 29.5. The summed E-state index contributed by atoms with van der Waals surface area (Å²) in [7, 11) is 0. The molecule has 0 unspecified atom stereocenters. The van der Waals surface area contributed by atoms with Gasteiger partial charge >= 0.3 is 5.69 Å². The second-order valence-electron chi connectivity index (χ2n) is 7.94. The molecule has 1 amide bonds. The number of aliphatic hydroxyl groups is 1. The van der Waals surface area contributed by atoms with Crippen molar-refractivity contribution in [3.05, 3.63) is 34.2 Å². The van der Waals surface area contributed by atoms with Crippen LogP contribution in [0.5, 0.6) is 0 Å². The van der Waals surface area contributed by atoms with Crippen LogP contribution in [-0.2, 0) is 6.54 Å². The fourth-order valence-electron chi connectivity index (χ4n) is 4.32. The Morgan fingerprint density at radius 2 is 2.04 bits per heavy atom. The van der Waals surface area contributed by atoms with Crippen LogP contribution in [0, 0.1) is 11.3 Å². The van der Waals surface area contributed by atoms with Crippen molar-refractivity contribution in [2.45, 2.75) is 38.3 Å². The highest BCUT2D eigenvalue weighted by Gasteiger charge is 2.53. The van der Waals surface area contributed by atoms with Gasteiger partial charge in [-0.2, -0.15) is 0 Å². The minimum Gasteiger partial charge on any atom is -0.393 e. The molecule has 1 aliphatic heterocycles. The predicted octanol–water partition coefficient (Wildman–Crippen LogP) is 1.34. The monoisotopic (exact) mass is 327 g/mol. The van der Waals surface area contributed by atoms with Crippen LogP contribution >= 0.6 is 0 Å². The highest BCUT2D eigenvalue weighted by molar-refractivity contribution is 5.98. The molecule has 3 aliphatic rings. The van der Waals surface area contributed by atoms with Crippen LogP contribution in [0.3, 0.4) is 0 Å². The molecular formula is C18H21N3O3. The third kappa shape index (κ3) is 2.13. The number of amides is 1. The Labute approximate surface area is 139 Å². The number of imidazole rings is 1. The van der Waals surface area contributed by atoms with Gasteiger partial charge in [-0.05, 0) is 49.8 Å². The Bertz CT molecular complexity index is 879. The summed E-state index contributed by atoms with van der Waals surface area (Å²) < 4.78 is 1.79. The van der Waals surface area contributed by atoms with Crippen molar-refractivity contribution in [2.75, 3.05) is 13.1 Å². The molecule has 126 valence electrons. The number of likely N-dealkylation sites (tertiary alicyclic amines) is 1. The van der Waals surface area contributed by atoms with Gasteiger partial charge in [-0.25, -0.2) is 4.79 Å². The number of carbonyl (C=O) groups is 1. The Kier molecular flexibility index (Phi) is 2.81. The fourth-order valence-corrected chi connectivity index (χ4v) is 4.32. The van der Waals surface area contributed by atoms with Crippen molar-refractivity contribution in [3.63, 3.8) is 0 Å². The van der Waals surface area contributed by atoms with Crippen molar-refractivity contribution in [1.82, 2.24) is 14.5 Å². The van der Waals surface area contributed by atoms with E-state index in [-0.39, 0.29) is 23.1 Å². The second-order valence-corrected chi connectivity index (χ2v) is 7.94. The highest BCUT2D eigenvalue weighted by Crippen LogP contribution is 2.48. The SMILES string of the molecule is O=C(c1ccc2c(c1)[nH]c(=O)n2CC1CC1)N1CC2(CC(O)C2)C1. The molecule has 2 aliphatic carbocycles. The van der Waals surface area contributed by atoms with Gasteiger partial charge in [0.15, 0.2) is 0 Å². The molecule has 3 fully saturated rings. The number of aliphatic hydroxyl groups excluding tert-OH is 1. The van der Waals surface area contributed by atoms with Crippen molar-refractivity contribution in [3.8, 4) is 0 Å². The van der Waals surface area contributed by atoms with Crippen LogP contribution in [0.15, 0.2) is 23.0 Å². The summed E-state index contributed by atoms with van der Waals surface area (Å²) in [6, 6.07) is 5.50. The zero-order chi connectivity index (χ0) is 16.5. The van der Waals surface area contributed by atoms with E-state index in [1.165, 1.54) is 12.8 Å². The maximum Gasteiger partial charge on any atom is 0.326 e. The van der Waals surface area contributed by atoms with E-state index in [2.05, 4.69) is 4.98 Å². The molecule has 0 radical (unpaired) electrons. The van der Waals surface area contributed by atoms with Gasteiger partial charge in [0.25, 0.3) is 5.91 Å². The summed E-state index contributed by atoms with van der Waals surface area (Å²) >= 11 is 0.